The summed E-state index contributed by atoms with van der Waals surface area (Å²) < 4.78 is 11.0. The van der Waals surface area contributed by atoms with Crippen LogP contribution < -0.4 is 5.32 Å². The highest BCUT2D eigenvalue weighted by Gasteiger charge is 2.33. The van der Waals surface area contributed by atoms with Gasteiger partial charge in [-0.2, -0.15) is 0 Å². The van der Waals surface area contributed by atoms with Crippen LogP contribution in [0, 0.1) is 0 Å². The summed E-state index contributed by atoms with van der Waals surface area (Å²) in [6.07, 6.45) is -0.240. The Morgan fingerprint density at radius 1 is 1.50 bits per heavy atom. The molecule has 0 aromatic rings. The van der Waals surface area contributed by atoms with Crippen LogP contribution in [0.1, 0.15) is 34.6 Å². The molecule has 0 saturated carbocycles. The minimum absolute atomic E-state index is 0.00955. The van der Waals surface area contributed by atoms with E-state index in [-0.39, 0.29) is 18.2 Å². The van der Waals surface area contributed by atoms with Gasteiger partial charge in [-0.3, -0.25) is 0 Å². The molecule has 1 aliphatic heterocycles. The van der Waals surface area contributed by atoms with Gasteiger partial charge in [0.25, 0.3) is 0 Å². The molecule has 1 aliphatic rings. The van der Waals surface area contributed by atoms with Gasteiger partial charge in [-0.05, 0) is 34.6 Å². The van der Waals surface area contributed by atoms with Gasteiger partial charge >= 0.3 is 6.09 Å². The lowest BCUT2D eigenvalue weighted by Gasteiger charge is -2.39. The van der Waals surface area contributed by atoms with Gasteiger partial charge in [0.2, 0.25) is 0 Å². The van der Waals surface area contributed by atoms with Crippen molar-refractivity contribution in [2.24, 2.45) is 0 Å². The summed E-state index contributed by atoms with van der Waals surface area (Å²) in [5.74, 6) is 0. The predicted octanol–water partition coefficient (Wildman–Crippen LogP) is 1.62. The van der Waals surface area contributed by atoms with Crippen molar-refractivity contribution in [3.63, 3.8) is 0 Å². The lowest BCUT2D eigenvalue weighted by atomic mass is 10.1. The first kappa shape index (κ1) is 15.2. The van der Waals surface area contributed by atoms with E-state index in [9.17, 15) is 4.79 Å². The van der Waals surface area contributed by atoms with E-state index in [2.05, 4.69) is 5.32 Å². The van der Waals surface area contributed by atoms with E-state index in [0.29, 0.717) is 13.2 Å². The lowest BCUT2D eigenvalue weighted by molar-refractivity contribution is -0.0284. The van der Waals surface area contributed by atoms with Crippen LogP contribution in [0.5, 0.6) is 0 Å². The summed E-state index contributed by atoms with van der Waals surface area (Å²) in [4.78, 5) is 13.9. The van der Waals surface area contributed by atoms with Crippen LogP contribution in [0.25, 0.3) is 0 Å². The standard InChI is InChI=1S/C13H26N2O3/c1-6-17-10(2)11-9-14-7-8-15(11)12(16)18-13(3,4)5/h10-11,14H,6-9H2,1-5H3. The fraction of sp³-hybridized carbons (Fsp3) is 0.923. The molecule has 0 radical (unpaired) electrons. The summed E-state index contributed by atoms with van der Waals surface area (Å²) in [5.41, 5.74) is -0.457. The van der Waals surface area contributed by atoms with E-state index >= 15 is 0 Å². The molecule has 0 spiro atoms. The molecule has 1 amide bonds. The molecule has 5 nitrogen and oxygen atoms in total. The highest BCUT2D eigenvalue weighted by molar-refractivity contribution is 5.68. The third-order valence-corrected chi connectivity index (χ3v) is 2.88. The predicted molar refractivity (Wildman–Crippen MR) is 70.7 cm³/mol. The molecule has 2 unspecified atom stereocenters. The van der Waals surface area contributed by atoms with Crippen LogP contribution in [0.2, 0.25) is 0 Å². The number of hydrogen-bond acceptors (Lipinski definition) is 4. The van der Waals surface area contributed by atoms with Crippen LogP contribution in [-0.4, -0.2) is 55.0 Å². The normalized spacial score (nSPS) is 22.7. The SMILES string of the molecule is CCOC(C)C1CNCCN1C(=O)OC(C)(C)C. The lowest BCUT2D eigenvalue weighted by Crippen LogP contribution is -2.58. The van der Waals surface area contributed by atoms with Gasteiger partial charge in [-0.1, -0.05) is 0 Å². The zero-order chi connectivity index (χ0) is 13.8. The first-order valence-electron chi connectivity index (χ1n) is 6.67. The average molecular weight is 258 g/mol. The van der Waals surface area contributed by atoms with Crippen molar-refractivity contribution in [2.75, 3.05) is 26.2 Å². The van der Waals surface area contributed by atoms with Gasteiger partial charge in [0.15, 0.2) is 0 Å². The van der Waals surface area contributed by atoms with E-state index in [0.717, 1.165) is 13.1 Å². The number of ether oxygens (including phenoxy) is 2. The molecular weight excluding hydrogens is 232 g/mol. The largest absolute Gasteiger partial charge is 0.444 e. The van der Waals surface area contributed by atoms with Gasteiger partial charge in [0, 0.05) is 26.2 Å². The molecular formula is C13H26N2O3. The van der Waals surface area contributed by atoms with Crippen molar-refractivity contribution in [3.05, 3.63) is 0 Å². The van der Waals surface area contributed by atoms with Gasteiger partial charge < -0.3 is 19.7 Å². The number of piperazine rings is 1. The molecule has 1 N–H and O–H groups in total. The number of amides is 1. The molecule has 18 heavy (non-hydrogen) atoms. The first-order chi connectivity index (χ1) is 8.35. The minimum atomic E-state index is -0.457. The molecule has 0 aliphatic carbocycles. The maximum atomic E-state index is 12.2. The molecule has 1 fully saturated rings. The first-order valence-corrected chi connectivity index (χ1v) is 6.67. The maximum absolute atomic E-state index is 12.2. The number of rotatable bonds is 3. The number of carbonyl (C=O) groups is 1. The van der Waals surface area contributed by atoms with Gasteiger partial charge in [-0.15, -0.1) is 0 Å². The molecule has 0 aromatic carbocycles. The van der Waals surface area contributed by atoms with Crippen LogP contribution in [0.15, 0.2) is 0 Å². The van der Waals surface area contributed by atoms with Gasteiger partial charge in [0.1, 0.15) is 5.60 Å². The van der Waals surface area contributed by atoms with Crippen molar-refractivity contribution >= 4 is 6.09 Å². The Bertz CT molecular complexity index is 276. The fourth-order valence-electron chi connectivity index (χ4n) is 2.07. The quantitative estimate of drug-likeness (QED) is 0.836. The Labute approximate surface area is 110 Å². The zero-order valence-electron chi connectivity index (χ0n) is 12.2. The smallest absolute Gasteiger partial charge is 0.410 e. The zero-order valence-corrected chi connectivity index (χ0v) is 12.2. The third-order valence-electron chi connectivity index (χ3n) is 2.88. The maximum Gasteiger partial charge on any atom is 0.410 e. The van der Waals surface area contributed by atoms with E-state index < -0.39 is 5.60 Å². The van der Waals surface area contributed by atoms with Crippen LogP contribution >= 0.6 is 0 Å². The fourth-order valence-corrected chi connectivity index (χ4v) is 2.07. The number of hydrogen-bond donors (Lipinski definition) is 1. The van der Waals surface area contributed by atoms with Crippen LogP contribution in [0.3, 0.4) is 0 Å². The highest BCUT2D eigenvalue weighted by Crippen LogP contribution is 2.16. The Hall–Kier alpha value is -0.810. The monoisotopic (exact) mass is 258 g/mol. The van der Waals surface area contributed by atoms with E-state index in [1.807, 2.05) is 34.6 Å². The third kappa shape index (κ3) is 4.46. The second kappa shape index (κ2) is 6.38. The Morgan fingerprint density at radius 2 is 2.17 bits per heavy atom. The van der Waals surface area contributed by atoms with Gasteiger partial charge in [0.05, 0.1) is 12.1 Å². The summed E-state index contributed by atoms with van der Waals surface area (Å²) in [7, 11) is 0. The molecule has 2 atom stereocenters. The minimum Gasteiger partial charge on any atom is -0.444 e. The molecule has 5 heteroatoms. The van der Waals surface area contributed by atoms with Gasteiger partial charge in [-0.25, -0.2) is 4.79 Å². The van der Waals surface area contributed by atoms with Crippen molar-refractivity contribution < 1.29 is 14.3 Å². The van der Waals surface area contributed by atoms with Crippen molar-refractivity contribution in [3.8, 4) is 0 Å². The van der Waals surface area contributed by atoms with Crippen molar-refractivity contribution in [1.82, 2.24) is 10.2 Å². The molecule has 0 aromatic heterocycles. The van der Waals surface area contributed by atoms with Crippen molar-refractivity contribution in [1.29, 1.82) is 0 Å². The number of nitrogens with zero attached hydrogens (tertiary/aromatic N) is 1. The molecule has 1 heterocycles. The summed E-state index contributed by atoms with van der Waals surface area (Å²) in [5, 5.41) is 3.29. The van der Waals surface area contributed by atoms with E-state index in [4.69, 9.17) is 9.47 Å². The van der Waals surface area contributed by atoms with Crippen LogP contribution in [0.4, 0.5) is 4.79 Å². The highest BCUT2D eigenvalue weighted by atomic mass is 16.6. The average Bonchev–Trinajstić information content (AvgIpc) is 2.27. The Balaban J connectivity index is 2.67. The molecule has 106 valence electrons. The van der Waals surface area contributed by atoms with E-state index in [1.54, 1.807) is 4.90 Å². The number of carbonyl (C=O) groups excluding carboxylic acids is 1. The van der Waals surface area contributed by atoms with Crippen LogP contribution in [-0.2, 0) is 9.47 Å². The van der Waals surface area contributed by atoms with E-state index in [1.165, 1.54) is 0 Å². The Kier molecular flexibility index (Phi) is 5.41. The molecule has 1 saturated heterocycles. The molecule has 1 rings (SSSR count). The Morgan fingerprint density at radius 3 is 2.72 bits per heavy atom. The second-order valence-corrected chi connectivity index (χ2v) is 5.61. The topological polar surface area (TPSA) is 50.8 Å². The number of nitrogens with one attached hydrogen (secondary N) is 1. The summed E-state index contributed by atoms with van der Waals surface area (Å²) >= 11 is 0. The summed E-state index contributed by atoms with van der Waals surface area (Å²) in [6, 6.07) is 0.0357. The van der Waals surface area contributed by atoms with Crippen molar-refractivity contribution in [2.45, 2.75) is 52.4 Å². The second-order valence-electron chi connectivity index (χ2n) is 5.61. The summed E-state index contributed by atoms with van der Waals surface area (Å²) in [6.45, 7) is 12.5. The molecule has 0 bridgehead atoms.